The number of hydrogen-bond acceptors (Lipinski definition) is 4. The van der Waals surface area contributed by atoms with E-state index in [1.165, 1.54) is 0 Å². The molecule has 6 nitrogen and oxygen atoms in total. The Kier molecular flexibility index (Phi) is 2.84. The molecule has 0 saturated carbocycles. The van der Waals surface area contributed by atoms with Crippen molar-refractivity contribution in [3.63, 3.8) is 0 Å². The molecule has 2 atom stereocenters. The summed E-state index contributed by atoms with van der Waals surface area (Å²) >= 11 is 0. The highest BCUT2D eigenvalue weighted by atomic mass is 16.4. The summed E-state index contributed by atoms with van der Waals surface area (Å²) in [6.07, 6.45) is -0.780. The van der Waals surface area contributed by atoms with Crippen LogP contribution in [0.2, 0.25) is 0 Å². The lowest BCUT2D eigenvalue weighted by atomic mass is 10.2. The Labute approximate surface area is 74.4 Å². The molecular weight excluding hydrogens is 178 g/mol. The van der Waals surface area contributed by atoms with E-state index in [1.807, 2.05) is 0 Å². The van der Waals surface area contributed by atoms with E-state index in [1.54, 1.807) is 0 Å². The molecule has 6 heteroatoms. The molecule has 1 aliphatic heterocycles. The molecule has 1 amide bonds. The topological polar surface area (TPSA) is 98.1 Å². The van der Waals surface area contributed by atoms with Crippen molar-refractivity contribution in [2.45, 2.75) is 18.6 Å². The van der Waals surface area contributed by atoms with E-state index < -0.39 is 30.6 Å². The highest BCUT2D eigenvalue weighted by Crippen LogP contribution is 2.17. The van der Waals surface area contributed by atoms with Gasteiger partial charge in [0.1, 0.15) is 12.6 Å². The molecule has 1 aliphatic rings. The number of likely N-dealkylation sites (tertiary alicyclic amines) is 1. The Bertz CT molecular complexity index is 229. The van der Waals surface area contributed by atoms with Gasteiger partial charge in [-0.05, 0) is 0 Å². The minimum absolute atomic E-state index is 0.0175. The van der Waals surface area contributed by atoms with Gasteiger partial charge in [-0.1, -0.05) is 0 Å². The average molecular weight is 189 g/mol. The van der Waals surface area contributed by atoms with Crippen LogP contribution in [0.1, 0.15) is 6.42 Å². The number of rotatable bonds is 2. The minimum Gasteiger partial charge on any atom is -0.480 e. The molecule has 1 rings (SSSR count). The van der Waals surface area contributed by atoms with Crippen LogP contribution in [-0.2, 0) is 9.59 Å². The predicted octanol–water partition coefficient (Wildman–Crippen LogP) is -1.97. The molecule has 0 unspecified atom stereocenters. The first-order valence-corrected chi connectivity index (χ1v) is 3.87. The fraction of sp³-hybridized carbons (Fsp3) is 0.714. The number of β-amino-alcohol motifs (C(OH)–C–C–N with tert-alkyl or cyclic N) is 1. The molecule has 0 bridgehead atoms. The number of amides is 1. The maximum atomic E-state index is 11.0. The first-order chi connectivity index (χ1) is 6.06. The number of aliphatic hydroxyl groups excluding tert-OH is 2. The van der Waals surface area contributed by atoms with Crippen molar-refractivity contribution in [3.8, 4) is 0 Å². The van der Waals surface area contributed by atoms with Crippen LogP contribution in [0.4, 0.5) is 0 Å². The first kappa shape index (κ1) is 9.94. The van der Waals surface area contributed by atoms with Crippen LogP contribution in [0, 0.1) is 0 Å². The molecule has 1 saturated heterocycles. The summed E-state index contributed by atoms with van der Waals surface area (Å²) in [4.78, 5) is 22.5. The molecule has 0 spiro atoms. The van der Waals surface area contributed by atoms with Crippen molar-refractivity contribution < 1.29 is 24.9 Å². The van der Waals surface area contributed by atoms with Crippen LogP contribution in [0.25, 0.3) is 0 Å². The summed E-state index contributed by atoms with van der Waals surface area (Å²) in [5.74, 6) is -1.82. The fourth-order valence-electron chi connectivity index (χ4n) is 1.41. The Balaban J connectivity index is 2.71. The molecule has 74 valence electrons. The number of hydrogen-bond donors (Lipinski definition) is 3. The Morgan fingerprint density at radius 1 is 1.46 bits per heavy atom. The molecule has 1 heterocycles. The summed E-state index contributed by atoms with van der Waals surface area (Å²) < 4.78 is 0. The summed E-state index contributed by atoms with van der Waals surface area (Å²) in [5.41, 5.74) is 0. The number of carbonyl (C=O) groups excluding carboxylic acids is 1. The van der Waals surface area contributed by atoms with Crippen molar-refractivity contribution in [1.82, 2.24) is 4.90 Å². The molecular formula is C7H11NO5. The van der Waals surface area contributed by atoms with E-state index >= 15 is 0 Å². The second-order valence-corrected chi connectivity index (χ2v) is 2.95. The molecule has 0 aliphatic carbocycles. The van der Waals surface area contributed by atoms with Gasteiger partial charge in [-0.15, -0.1) is 0 Å². The number of carboxylic acid groups (broad SMARTS) is 1. The number of carboxylic acids is 1. The van der Waals surface area contributed by atoms with Crippen molar-refractivity contribution in [2.24, 2.45) is 0 Å². The van der Waals surface area contributed by atoms with Gasteiger partial charge in [0, 0.05) is 13.0 Å². The lowest BCUT2D eigenvalue weighted by Crippen LogP contribution is -2.41. The Morgan fingerprint density at radius 2 is 2.08 bits per heavy atom. The van der Waals surface area contributed by atoms with Gasteiger partial charge in [0.25, 0.3) is 0 Å². The van der Waals surface area contributed by atoms with Gasteiger partial charge >= 0.3 is 5.97 Å². The molecule has 0 aromatic rings. The maximum Gasteiger partial charge on any atom is 0.326 e. The predicted molar refractivity (Wildman–Crippen MR) is 40.8 cm³/mol. The van der Waals surface area contributed by atoms with E-state index in [2.05, 4.69) is 0 Å². The lowest BCUT2D eigenvalue weighted by Gasteiger charge is -2.19. The van der Waals surface area contributed by atoms with Gasteiger partial charge in [0.15, 0.2) is 0 Å². The van der Waals surface area contributed by atoms with Gasteiger partial charge in [-0.2, -0.15) is 0 Å². The Morgan fingerprint density at radius 3 is 2.54 bits per heavy atom. The van der Waals surface area contributed by atoms with Crippen LogP contribution in [0.5, 0.6) is 0 Å². The van der Waals surface area contributed by atoms with Crippen molar-refractivity contribution in [1.29, 1.82) is 0 Å². The zero-order valence-corrected chi connectivity index (χ0v) is 6.88. The molecule has 13 heavy (non-hydrogen) atoms. The second kappa shape index (κ2) is 3.71. The standard InChI is InChI=1S/C7H11NO5/c9-3-6(11)8-2-4(10)1-5(8)7(12)13/h4-5,9-10H,1-3H2,(H,12,13)/t4-,5+/m1/s1. The largest absolute Gasteiger partial charge is 0.480 e. The summed E-state index contributed by atoms with van der Waals surface area (Å²) in [7, 11) is 0. The number of nitrogens with zero attached hydrogens (tertiary/aromatic N) is 1. The molecule has 0 aromatic heterocycles. The normalized spacial score (nSPS) is 27.7. The van der Waals surface area contributed by atoms with Gasteiger partial charge in [-0.3, -0.25) is 4.79 Å². The zero-order chi connectivity index (χ0) is 10.0. The first-order valence-electron chi connectivity index (χ1n) is 3.87. The van der Waals surface area contributed by atoms with Gasteiger partial charge in [-0.25, -0.2) is 4.79 Å². The Hall–Kier alpha value is -1.14. The number of aliphatic hydroxyl groups is 2. The van der Waals surface area contributed by atoms with Crippen molar-refractivity contribution in [2.75, 3.05) is 13.2 Å². The number of carbonyl (C=O) groups is 2. The van der Waals surface area contributed by atoms with E-state index in [0.717, 1.165) is 4.90 Å². The second-order valence-electron chi connectivity index (χ2n) is 2.95. The van der Waals surface area contributed by atoms with Crippen LogP contribution in [0.3, 0.4) is 0 Å². The maximum absolute atomic E-state index is 11.0. The third-order valence-electron chi connectivity index (χ3n) is 2.02. The summed E-state index contributed by atoms with van der Waals surface area (Å²) in [6, 6.07) is -1.00. The van der Waals surface area contributed by atoms with Gasteiger partial charge in [0.05, 0.1) is 6.10 Å². The van der Waals surface area contributed by atoms with E-state index in [4.69, 9.17) is 15.3 Å². The third-order valence-corrected chi connectivity index (χ3v) is 2.02. The third kappa shape index (κ3) is 1.96. The summed E-state index contributed by atoms with van der Waals surface area (Å²) in [6.45, 7) is -0.743. The molecule has 3 N–H and O–H groups in total. The monoisotopic (exact) mass is 189 g/mol. The SMILES string of the molecule is O=C(O)[C@@H]1C[C@@H](O)CN1C(=O)CO. The highest BCUT2D eigenvalue weighted by molar-refractivity contribution is 5.85. The van der Waals surface area contributed by atoms with Gasteiger partial charge < -0.3 is 20.2 Å². The quantitative estimate of drug-likeness (QED) is 0.468. The van der Waals surface area contributed by atoms with Crippen LogP contribution in [0.15, 0.2) is 0 Å². The molecule has 0 radical (unpaired) electrons. The fourth-order valence-corrected chi connectivity index (χ4v) is 1.41. The number of aliphatic carboxylic acids is 1. The van der Waals surface area contributed by atoms with Gasteiger partial charge in [0.2, 0.25) is 5.91 Å². The van der Waals surface area contributed by atoms with Crippen LogP contribution >= 0.6 is 0 Å². The average Bonchev–Trinajstić information content (AvgIpc) is 2.46. The minimum atomic E-state index is -1.15. The highest BCUT2D eigenvalue weighted by Gasteiger charge is 2.38. The zero-order valence-electron chi connectivity index (χ0n) is 6.88. The molecule has 1 fully saturated rings. The van der Waals surface area contributed by atoms with Crippen LogP contribution < -0.4 is 0 Å². The smallest absolute Gasteiger partial charge is 0.326 e. The van der Waals surface area contributed by atoms with Crippen molar-refractivity contribution >= 4 is 11.9 Å². The van der Waals surface area contributed by atoms with Crippen molar-refractivity contribution in [3.05, 3.63) is 0 Å². The van der Waals surface area contributed by atoms with E-state index in [0.29, 0.717) is 0 Å². The summed E-state index contributed by atoms with van der Waals surface area (Å²) in [5, 5.41) is 26.3. The molecule has 0 aromatic carbocycles. The van der Waals surface area contributed by atoms with Crippen LogP contribution in [-0.4, -0.2) is 57.4 Å². The van der Waals surface area contributed by atoms with E-state index in [-0.39, 0.29) is 13.0 Å². The van der Waals surface area contributed by atoms with E-state index in [9.17, 15) is 9.59 Å². The lowest BCUT2D eigenvalue weighted by molar-refractivity contribution is -0.149.